The minimum Gasteiger partial charge on any atom is -0.435 e. The van der Waals surface area contributed by atoms with Crippen molar-refractivity contribution in [3.05, 3.63) is 29.8 Å². The molecule has 0 bridgehead atoms. The SMILES string of the molecule is COC(CN)C(=O)NC(C)c1cccc(OC(F)F)c1.Cl. The molecule has 0 saturated carbocycles. The summed E-state index contributed by atoms with van der Waals surface area (Å²) in [6.45, 7) is -1.10. The van der Waals surface area contributed by atoms with Crippen molar-refractivity contribution in [1.82, 2.24) is 5.32 Å². The van der Waals surface area contributed by atoms with Gasteiger partial charge in [0.25, 0.3) is 5.91 Å². The number of nitrogens with one attached hydrogen (secondary N) is 1. The van der Waals surface area contributed by atoms with Crippen LogP contribution in [0.25, 0.3) is 0 Å². The summed E-state index contributed by atoms with van der Waals surface area (Å²) in [6, 6.07) is 5.76. The molecule has 120 valence electrons. The highest BCUT2D eigenvalue weighted by atomic mass is 35.5. The maximum Gasteiger partial charge on any atom is 0.387 e. The van der Waals surface area contributed by atoms with Crippen molar-refractivity contribution in [2.75, 3.05) is 13.7 Å². The first-order chi connectivity index (χ1) is 9.47. The monoisotopic (exact) mass is 324 g/mol. The zero-order valence-corrected chi connectivity index (χ0v) is 12.5. The van der Waals surface area contributed by atoms with Crippen LogP contribution in [-0.2, 0) is 9.53 Å². The molecule has 1 aromatic rings. The number of benzene rings is 1. The molecule has 1 aromatic carbocycles. The number of rotatable bonds is 7. The Morgan fingerprint density at radius 2 is 2.10 bits per heavy atom. The summed E-state index contributed by atoms with van der Waals surface area (Å²) in [5.41, 5.74) is 6.03. The zero-order valence-electron chi connectivity index (χ0n) is 11.7. The van der Waals surface area contributed by atoms with Gasteiger partial charge in [0.2, 0.25) is 0 Å². The van der Waals surface area contributed by atoms with Crippen molar-refractivity contribution in [2.45, 2.75) is 25.7 Å². The molecule has 8 heteroatoms. The van der Waals surface area contributed by atoms with Crippen LogP contribution >= 0.6 is 12.4 Å². The van der Waals surface area contributed by atoms with E-state index < -0.39 is 12.7 Å². The van der Waals surface area contributed by atoms with Crippen molar-refractivity contribution >= 4 is 18.3 Å². The summed E-state index contributed by atoms with van der Waals surface area (Å²) in [4.78, 5) is 11.8. The molecule has 0 radical (unpaired) electrons. The number of hydrogen-bond acceptors (Lipinski definition) is 4. The quantitative estimate of drug-likeness (QED) is 0.803. The molecule has 1 rings (SSSR count). The lowest BCUT2D eigenvalue weighted by Gasteiger charge is -2.19. The number of carbonyl (C=O) groups excluding carboxylic acids is 1. The van der Waals surface area contributed by atoms with Gasteiger partial charge in [0.1, 0.15) is 11.9 Å². The molecule has 0 saturated heterocycles. The highest BCUT2D eigenvalue weighted by Crippen LogP contribution is 2.20. The van der Waals surface area contributed by atoms with Crippen LogP contribution < -0.4 is 15.8 Å². The maximum absolute atomic E-state index is 12.1. The third-order valence-electron chi connectivity index (χ3n) is 2.73. The summed E-state index contributed by atoms with van der Waals surface area (Å²) in [5, 5.41) is 2.69. The second kappa shape index (κ2) is 9.49. The highest BCUT2D eigenvalue weighted by molar-refractivity contribution is 5.85. The van der Waals surface area contributed by atoms with E-state index in [9.17, 15) is 13.6 Å². The molecule has 0 spiro atoms. The van der Waals surface area contributed by atoms with Gasteiger partial charge in [-0.3, -0.25) is 4.79 Å². The van der Waals surface area contributed by atoms with Gasteiger partial charge in [-0.05, 0) is 24.6 Å². The fourth-order valence-corrected chi connectivity index (χ4v) is 1.66. The Kier molecular flexibility index (Phi) is 8.84. The summed E-state index contributed by atoms with van der Waals surface area (Å²) in [5.74, 6) is -0.316. The number of halogens is 3. The van der Waals surface area contributed by atoms with Crippen LogP contribution in [0.5, 0.6) is 5.75 Å². The second-order valence-corrected chi connectivity index (χ2v) is 4.14. The van der Waals surface area contributed by atoms with Crippen LogP contribution in [0.1, 0.15) is 18.5 Å². The molecular formula is C13H19ClF2N2O3. The Balaban J connectivity index is 0.00000400. The largest absolute Gasteiger partial charge is 0.435 e. The van der Waals surface area contributed by atoms with Crippen LogP contribution in [0.15, 0.2) is 24.3 Å². The van der Waals surface area contributed by atoms with E-state index in [4.69, 9.17) is 10.5 Å². The molecule has 1 amide bonds. The molecule has 0 aliphatic heterocycles. The average Bonchev–Trinajstić information content (AvgIpc) is 2.39. The van der Waals surface area contributed by atoms with Crippen LogP contribution in [-0.4, -0.2) is 32.3 Å². The highest BCUT2D eigenvalue weighted by Gasteiger charge is 2.18. The van der Waals surface area contributed by atoms with E-state index in [0.29, 0.717) is 5.56 Å². The lowest BCUT2D eigenvalue weighted by Crippen LogP contribution is -2.41. The molecule has 21 heavy (non-hydrogen) atoms. The normalized spacial score (nSPS) is 13.2. The first kappa shape index (κ1) is 19.6. The second-order valence-electron chi connectivity index (χ2n) is 4.14. The summed E-state index contributed by atoms with van der Waals surface area (Å²) >= 11 is 0. The molecule has 2 atom stereocenters. The molecule has 0 aromatic heterocycles. The van der Waals surface area contributed by atoms with Gasteiger partial charge >= 0.3 is 6.61 Å². The minimum absolute atomic E-state index is 0. The molecule has 0 aliphatic carbocycles. The van der Waals surface area contributed by atoms with Crippen LogP contribution in [0.4, 0.5) is 8.78 Å². The standard InChI is InChI=1S/C13H18F2N2O3.ClH/c1-8(17-12(18)11(7-16)19-2)9-4-3-5-10(6-9)20-13(14)15;/h3-6,8,11,13H,7,16H2,1-2H3,(H,17,18);1H. The van der Waals surface area contributed by atoms with Gasteiger partial charge in [0, 0.05) is 13.7 Å². The van der Waals surface area contributed by atoms with Crippen LogP contribution in [0, 0.1) is 0 Å². The van der Waals surface area contributed by atoms with Gasteiger partial charge in [-0.2, -0.15) is 8.78 Å². The lowest BCUT2D eigenvalue weighted by atomic mass is 10.1. The topological polar surface area (TPSA) is 73.6 Å². The minimum atomic E-state index is -2.88. The van der Waals surface area contributed by atoms with Crippen molar-refractivity contribution in [3.8, 4) is 5.75 Å². The predicted octanol–water partition coefficient (Wildman–Crippen LogP) is 1.86. The van der Waals surface area contributed by atoms with Gasteiger partial charge < -0.3 is 20.5 Å². The molecular weight excluding hydrogens is 306 g/mol. The Morgan fingerprint density at radius 3 is 2.62 bits per heavy atom. The Hall–Kier alpha value is -1.44. The Morgan fingerprint density at radius 1 is 1.43 bits per heavy atom. The molecule has 0 aliphatic rings. The number of alkyl halides is 2. The predicted molar refractivity (Wildman–Crippen MR) is 76.7 cm³/mol. The lowest BCUT2D eigenvalue weighted by molar-refractivity contribution is -0.131. The number of ether oxygens (including phenoxy) is 2. The van der Waals surface area contributed by atoms with E-state index in [1.54, 1.807) is 19.1 Å². The molecule has 5 nitrogen and oxygen atoms in total. The number of carbonyl (C=O) groups is 1. The van der Waals surface area contributed by atoms with E-state index in [0.717, 1.165) is 0 Å². The number of hydrogen-bond donors (Lipinski definition) is 2. The van der Waals surface area contributed by atoms with E-state index in [-0.39, 0.29) is 36.7 Å². The number of nitrogens with two attached hydrogens (primary N) is 1. The van der Waals surface area contributed by atoms with E-state index in [1.165, 1.54) is 19.2 Å². The third kappa shape index (κ3) is 6.24. The van der Waals surface area contributed by atoms with Gasteiger partial charge in [0.15, 0.2) is 0 Å². The van der Waals surface area contributed by atoms with Crippen LogP contribution in [0.3, 0.4) is 0 Å². The van der Waals surface area contributed by atoms with E-state index in [2.05, 4.69) is 10.1 Å². The zero-order chi connectivity index (χ0) is 15.1. The van der Waals surface area contributed by atoms with Gasteiger partial charge in [-0.25, -0.2) is 0 Å². The number of amides is 1. The van der Waals surface area contributed by atoms with E-state index >= 15 is 0 Å². The fourth-order valence-electron chi connectivity index (χ4n) is 1.66. The number of methoxy groups -OCH3 is 1. The third-order valence-corrected chi connectivity index (χ3v) is 2.73. The smallest absolute Gasteiger partial charge is 0.387 e. The first-order valence-electron chi connectivity index (χ1n) is 6.06. The summed E-state index contributed by atoms with van der Waals surface area (Å²) < 4.78 is 33.5. The molecule has 0 heterocycles. The molecule has 2 unspecified atom stereocenters. The van der Waals surface area contributed by atoms with Gasteiger partial charge in [-0.15, -0.1) is 12.4 Å². The molecule has 0 fully saturated rings. The van der Waals surface area contributed by atoms with Gasteiger partial charge in [-0.1, -0.05) is 12.1 Å². The molecule has 3 N–H and O–H groups in total. The summed E-state index contributed by atoms with van der Waals surface area (Å²) in [6.07, 6.45) is -0.738. The summed E-state index contributed by atoms with van der Waals surface area (Å²) in [7, 11) is 1.39. The van der Waals surface area contributed by atoms with E-state index in [1.807, 2.05) is 0 Å². The van der Waals surface area contributed by atoms with Gasteiger partial charge in [0.05, 0.1) is 6.04 Å². The van der Waals surface area contributed by atoms with Crippen molar-refractivity contribution in [1.29, 1.82) is 0 Å². The van der Waals surface area contributed by atoms with Crippen molar-refractivity contribution < 1.29 is 23.0 Å². The van der Waals surface area contributed by atoms with Crippen molar-refractivity contribution in [2.24, 2.45) is 5.73 Å². The van der Waals surface area contributed by atoms with Crippen LogP contribution in [0.2, 0.25) is 0 Å². The Labute approximate surface area is 128 Å². The Bertz CT molecular complexity index is 445. The first-order valence-corrected chi connectivity index (χ1v) is 6.06. The maximum atomic E-state index is 12.1. The fraction of sp³-hybridized carbons (Fsp3) is 0.462. The van der Waals surface area contributed by atoms with Crippen molar-refractivity contribution in [3.63, 3.8) is 0 Å². The average molecular weight is 325 g/mol.